The number of halogens is 1. The fourth-order valence-corrected chi connectivity index (χ4v) is 9.28. The van der Waals surface area contributed by atoms with Crippen LogP contribution in [0, 0.1) is 17.2 Å². The molecule has 1 aliphatic heterocycles. The molecule has 0 unspecified atom stereocenters. The van der Waals surface area contributed by atoms with Crippen LogP contribution < -0.4 is 44.9 Å². The molecule has 6 rings (SSSR count). The highest BCUT2D eigenvalue weighted by atomic mass is 35.7. The minimum absolute atomic E-state index is 0.656. The van der Waals surface area contributed by atoms with Crippen molar-refractivity contribution in [1.29, 1.82) is 0 Å². The fraction of sp³-hybridized carbons (Fsp3) is 0.156. The van der Waals surface area contributed by atoms with Crippen molar-refractivity contribution in [2.75, 3.05) is 31.2 Å². The van der Waals surface area contributed by atoms with Crippen LogP contribution in [-0.2, 0) is 4.74 Å². The number of benzene rings is 4. The third kappa shape index (κ3) is 6.72. The Bertz CT molecular complexity index is 1450. The summed E-state index contributed by atoms with van der Waals surface area (Å²) in [6.07, 6.45) is 0. The molecule has 8 nitrogen and oxygen atoms in total. The van der Waals surface area contributed by atoms with E-state index in [-0.39, 0.29) is 0 Å². The maximum absolute atomic E-state index is 8.49. The van der Waals surface area contributed by atoms with Crippen LogP contribution in [0.5, 0.6) is 0 Å². The molecule has 2 heterocycles. The lowest BCUT2D eigenvalue weighted by molar-refractivity contribution is -2.00. The molecule has 0 amide bonds. The molecule has 1 aromatic heterocycles. The van der Waals surface area contributed by atoms with E-state index in [0.717, 1.165) is 30.0 Å². The van der Waals surface area contributed by atoms with Gasteiger partial charge in [0.05, 0.1) is 13.2 Å². The Kier molecular flexibility index (Phi) is 9.36. The maximum Gasteiger partial charge on any atom is 0.262 e. The normalized spacial score (nSPS) is 13.8. The van der Waals surface area contributed by atoms with Gasteiger partial charge in [0.25, 0.3) is 11.3 Å². The van der Waals surface area contributed by atoms with E-state index in [1.165, 1.54) is 21.5 Å². The molecular weight excluding hydrogens is 575 g/mol. The molecule has 1 fully saturated rings. The van der Waals surface area contributed by atoms with E-state index < -0.39 is 17.5 Å². The molecule has 4 aromatic carbocycles. The van der Waals surface area contributed by atoms with Crippen LogP contribution in [0.4, 0.5) is 5.88 Å². The summed E-state index contributed by atoms with van der Waals surface area (Å²) in [6.45, 7) is 4.99. The van der Waals surface area contributed by atoms with E-state index in [0.29, 0.717) is 19.1 Å². The van der Waals surface area contributed by atoms with Gasteiger partial charge in [-0.05, 0) is 55.5 Å². The first-order valence-electron chi connectivity index (χ1n) is 13.4. The van der Waals surface area contributed by atoms with Gasteiger partial charge in [-0.2, -0.15) is 4.98 Å². The van der Waals surface area contributed by atoms with E-state index >= 15 is 0 Å². The molecule has 0 N–H and O–H groups in total. The largest absolute Gasteiger partial charge is 0.416 e. The Labute approximate surface area is 247 Å². The van der Waals surface area contributed by atoms with Crippen molar-refractivity contribution in [3.63, 3.8) is 0 Å². The summed E-state index contributed by atoms with van der Waals surface area (Å²) < 4.78 is 46.4. The SMILES string of the molecule is Cc1ccc(-c2nc([P+](c3ccccc3)(c3ccccc3)c3ccccc3)c(N3CCOCC3)o2)cc1.[O-][Cl+3]([O-])([O-])[O-]. The second-order valence-corrected chi connectivity index (χ2v) is 13.7. The van der Waals surface area contributed by atoms with Crippen molar-refractivity contribution in [2.24, 2.45) is 0 Å². The molecule has 5 aromatic rings. The summed E-state index contributed by atoms with van der Waals surface area (Å²) in [5, 5.41) is 3.77. The molecule has 216 valence electrons. The molecule has 0 atom stereocenters. The maximum atomic E-state index is 8.49. The van der Waals surface area contributed by atoms with Gasteiger partial charge in [-0.15, -0.1) is 10.2 Å². The summed E-state index contributed by atoms with van der Waals surface area (Å²) in [5.74, 6) is 1.51. The van der Waals surface area contributed by atoms with E-state index in [2.05, 4.69) is 127 Å². The topological polar surface area (TPSA) is 131 Å². The summed E-state index contributed by atoms with van der Waals surface area (Å²) in [6, 6.07) is 40.9. The van der Waals surface area contributed by atoms with Crippen molar-refractivity contribution < 1.29 is 38.0 Å². The number of morpholine rings is 1. The molecule has 1 aliphatic rings. The Morgan fingerprint density at radius 2 is 1.10 bits per heavy atom. The summed E-state index contributed by atoms with van der Waals surface area (Å²) >= 11 is 0. The van der Waals surface area contributed by atoms with Crippen LogP contribution in [0.1, 0.15) is 5.56 Å². The lowest BCUT2D eigenvalue weighted by Crippen LogP contribution is -2.68. The fourth-order valence-electron chi connectivity index (χ4n) is 5.08. The Morgan fingerprint density at radius 3 is 1.52 bits per heavy atom. The molecule has 1 saturated heterocycles. The zero-order valence-corrected chi connectivity index (χ0v) is 24.6. The van der Waals surface area contributed by atoms with Gasteiger partial charge in [-0.25, -0.2) is 18.6 Å². The first-order valence-corrected chi connectivity index (χ1v) is 16.4. The first kappa shape index (κ1) is 29.9. The average molecular weight is 605 g/mol. The number of hydrogen-bond donors (Lipinski definition) is 0. The smallest absolute Gasteiger partial charge is 0.262 e. The number of oxazole rings is 1. The number of aryl methyl sites for hydroxylation is 1. The van der Waals surface area contributed by atoms with Gasteiger partial charge in [0.15, 0.2) is 7.26 Å². The molecule has 0 radical (unpaired) electrons. The average Bonchev–Trinajstić information content (AvgIpc) is 3.45. The lowest BCUT2D eigenvalue weighted by Gasteiger charge is -2.30. The van der Waals surface area contributed by atoms with Crippen molar-refractivity contribution in [3.8, 4) is 11.5 Å². The zero-order valence-electron chi connectivity index (χ0n) is 23.0. The van der Waals surface area contributed by atoms with Gasteiger partial charge in [-0.3, -0.25) is 0 Å². The number of rotatable bonds is 6. The van der Waals surface area contributed by atoms with Gasteiger partial charge >= 0.3 is 0 Å². The van der Waals surface area contributed by atoms with Gasteiger partial charge in [-0.1, -0.05) is 72.3 Å². The first-order chi connectivity index (χ1) is 20.3. The van der Waals surface area contributed by atoms with Crippen LogP contribution in [0.2, 0.25) is 0 Å². The van der Waals surface area contributed by atoms with Crippen molar-refractivity contribution in [2.45, 2.75) is 6.92 Å². The Hall–Kier alpha value is -3.59. The minimum Gasteiger partial charge on any atom is -0.416 e. The highest BCUT2D eigenvalue weighted by Crippen LogP contribution is 2.56. The van der Waals surface area contributed by atoms with E-state index in [9.17, 15) is 0 Å². The molecule has 0 aliphatic carbocycles. The van der Waals surface area contributed by atoms with Gasteiger partial charge in [0.2, 0.25) is 5.89 Å². The van der Waals surface area contributed by atoms with Gasteiger partial charge in [0.1, 0.15) is 15.9 Å². The Morgan fingerprint density at radius 1 is 0.667 bits per heavy atom. The highest BCUT2D eigenvalue weighted by Gasteiger charge is 2.53. The van der Waals surface area contributed by atoms with Crippen LogP contribution in [0.25, 0.3) is 11.5 Å². The molecule has 0 saturated carbocycles. The van der Waals surface area contributed by atoms with E-state index in [1.807, 2.05) is 0 Å². The molecule has 10 heteroatoms. The standard InChI is InChI=1S/C32H30N2O2P.ClHO4/c1-25-17-19-26(20-18-25)30-33-31(32(36-30)34-21-23-35-24-22-34)37(27-11-5-2-6-12-27,28-13-7-3-8-14-28)29-15-9-4-10-16-29;2-1(3,4)5/h2-20H,21-24H2,1H3;(H,2,3,4,5)/q+1;/p-1. The Balaban J connectivity index is 0.000000652. The van der Waals surface area contributed by atoms with E-state index in [4.69, 9.17) is 32.8 Å². The van der Waals surface area contributed by atoms with Crippen molar-refractivity contribution in [1.82, 2.24) is 4.98 Å². The highest BCUT2D eigenvalue weighted by molar-refractivity contribution is 8.01. The molecular formula is C32H30ClN2O6P. The van der Waals surface area contributed by atoms with Gasteiger partial charge in [0, 0.05) is 18.7 Å². The predicted molar refractivity (Wildman–Crippen MR) is 154 cm³/mol. The monoisotopic (exact) mass is 604 g/mol. The molecule has 42 heavy (non-hydrogen) atoms. The van der Waals surface area contributed by atoms with Crippen molar-refractivity contribution in [3.05, 3.63) is 121 Å². The zero-order chi connectivity index (χ0) is 29.6. The number of ether oxygens (including phenoxy) is 1. The van der Waals surface area contributed by atoms with Crippen LogP contribution in [0.3, 0.4) is 0 Å². The third-order valence-corrected chi connectivity index (χ3v) is 11.1. The lowest BCUT2D eigenvalue weighted by atomic mass is 10.1. The number of nitrogens with zero attached hydrogens (tertiary/aromatic N) is 2. The molecule has 0 bridgehead atoms. The summed E-state index contributed by atoms with van der Waals surface area (Å²) in [5.41, 5.74) is 3.20. The number of anilines is 1. The van der Waals surface area contributed by atoms with Crippen LogP contribution >= 0.6 is 7.26 Å². The quantitative estimate of drug-likeness (QED) is 0.254. The van der Waals surface area contributed by atoms with Gasteiger partial charge < -0.3 is 14.1 Å². The van der Waals surface area contributed by atoms with E-state index in [1.54, 1.807) is 0 Å². The number of hydrogen-bond acceptors (Lipinski definition) is 8. The minimum atomic E-state index is -4.94. The summed E-state index contributed by atoms with van der Waals surface area (Å²) in [7, 11) is -7.35. The second-order valence-electron chi connectivity index (χ2n) is 9.67. The second kappa shape index (κ2) is 13.2. The number of aromatic nitrogens is 1. The van der Waals surface area contributed by atoms with Crippen LogP contribution in [-0.4, -0.2) is 31.3 Å². The van der Waals surface area contributed by atoms with Crippen molar-refractivity contribution >= 4 is 34.5 Å². The summed E-state index contributed by atoms with van der Waals surface area (Å²) in [4.78, 5) is 7.70. The predicted octanol–water partition coefficient (Wildman–Crippen LogP) is 0.350. The van der Waals surface area contributed by atoms with Crippen LogP contribution in [0.15, 0.2) is 120 Å². The third-order valence-electron chi connectivity index (χ3n) is 6.94. The molecule has 0 spiro atoms.